The van der Waals surface area contributed by atoms with Gasteiger partial charge in [0.05, 0.1) is 0 Å². The third-order valence-electron chi connectivity index (χ3n) is 3.51. The van der Waals surface area contributed by atoms with Gasteiger partial charge in [0.25, 0.3) is 0 Å². The molecule has 0 amide bonds. The first-order valence-corrected chi connectivity index (χ1v) is 8.63. The van der Waals surface area contributed by atoms with Crippen molar-refractivity contribution in [2.75, 3.05) is 5.32 Å². The van der Waals surface area contributed by atoms with Crippen LogP contribution in [0.3, 0.4) is 0 Å². The second-order valence-corrected chi connectivity index (χ2v) is 6.57. The van der Waals surface area contributed by atoms with Crippen LogP contribution in [-0.4, -0.2) is 0 Å². The zero-order chi connectivity index (χ0) is 15.1. The third kappa shape index (κ3) is 5.37. The third-order valence-corrected chi connectivity index (χ3v) is 4.38. The highest BCUT2D eigenvalue weighted by atomic mass is 79.9. The fraction of sp³-hybridized carbons (Fsp3) is 0.333. The first-order valence-electron chi connectivity index (χ1n) is 7.46. The zero-order valence-corrected chi connectivity index (χ0v) is 14.7. The Morgan fingerprint density at radius 3 is 2.52 bits per heavy atom. The molecule has 0 aliphatic carbocycles. The van der Waals surface area contributed by atoms with Crippen molar-refractivity contribution in [3.63, 3.8) is 0 Å². The van der Waals surface area contributed by atoms with Crippen LogP contribution in [0.2, 0.25) is 5.02 Å². The Balaban J connectivity index is 1.90. The molecule has 0 aliphatic heterocycles. The molecule has 1 nitrogen and oxygen atoms in total. The van der Waals surface area contributed by atoms with E-state index in [4.69, 9.17) is 11.6 Å². The van der Waals surface area contributed by atoms with Gasteiger partial charge in [-0.15, -0.1) is 0 Å². The van der Waals surface area contributed by atoms with Crippen molar-refractivity contribution < 1.29 is 0 Å². The van der Waals surface area contributed by atoms with Gasteiger partial charge in [0.1, 0.15) is 0 Å². The smallest absolute Gasteiger partial charge is 0.0456 e. The Kier molecular flexibility index (Phi) is 6.59. The molecule has 21 heavy (non-hydrogen) atoms. The molecule has 0 aliphatic rings. The number of rotatable bonds is 7. The van der Waals surface area contributed by atoms with Gasteiger partial charge in [-0.1, -0.05) is 59.4 Å². The summed E-state index contributed by atoms with van der Waals surface area (Å²) >= 11 is 9.67. The molecule has 0 spiro atoms. The SMILES string of the molecule is CCCCCc1ccc(NCc2cc(Br)ccc2Cl)cc1. The fourth-order valence-electron chi connectivity index (χ4n) is 2.24. The number of aryl methyl sites for hydroxylation is 1. The average Bonchev–Trinajstić information content (AvgIpc) is 2.50. The monoisotopic (exact) mass is 365 g/mol. The Bertz CT molecular complexity index is 566. The van der Waals surface area contributed by atoms with Crippen LogP contribution >= 0.6 is 27.5 Å². The molecule has 112 valence electrons. The van der Waals surface area contributed by atoms with Gasteiger partial charge >= 0.3 is 0 Å². The topological polar surface area (TPSA) is 12.0 Å². The van der Waals surface area contributed by atoms with Gasteiger partial charge in [-0.3, -0.25) is 0 Å². The molecule has 2 aromatic carbocycles. The van der Waals surface area contributed by atoms with Gasteiger partial charge in [-0.05, 0) is 54.3 Å². The lowest BCUT2D eigenvalue weighted by Crippen LogP contribution is -2.00. The lowest BCUT2D eigenvalue weighted by molar-refractivity contribution is 0.717. The lowest BCUT2D eigenvalue weighted by atomic mass is 10.1. The normalized spacial score (nSPS) is 10.6. The number of hydrogen-bond donors (Lipinski definition) is 1. The van der Waals surface area contributed by atoms with E-state index >= 15 is 0 Å². The second kappa shape index (κ2) is 8.45. The molecule has 0 bridgehead atoms. The first-order chi connectivity index (χ1) is 10.2. The zero-order valence-electron chi connectivity index (χ0n) is 12.3. The molecular formula is C18H21BrClN. The average molecular weight is 367 g/mol. The fourth-order valence-corrected chi connectivity index (χ4v) is 2.84. The highest BCUT2D eigenvalue weighted by Crippen LogP contribution is 2.22. The summed E-state index contributed by atoms with van der Waals surface area (Å²) < 4.78 is 1.05. The van der Waals surface area contributed by atoms with Crippen LogP contribution in [-0.2, 0) is 13.0 Å². The van der Waals surface area contributed by atoms with E-state index in [1.807, 2.05) is 12.1 Å². The maximum atomic E-state index is 6.20. The van der Waals surface area contributed by atoms with Gasteiger partial charge in [-0.25, -0.2) is 0 Å². The van der Waals surface area contributed by atoms with Gasteiger partial charge in [-0.2, -0.15) is 0 Å². The molecule has 0 aromatic heterocycles. The van der Waals surface area contributed by atoms with Crippen LogP contribution in [0.15, 0.2) is 46.9 Å². The van der Waals surface area contributed by atoms with Crippen molar-refractivity contribution in [1.82, 2.24) is 0 Å². The van der Waals surface area contributed by atoms with E-state index in [1.165, 1.54) is 31.2 Å². The minimum Gasteiger partial charge on any atom is -0.381 e. The van der Waals surface area contributed by atoms with E-state index < -0.39 is 0 Å². The Labute approximate surface area is 140 Å². The van der Waals surface area contributed by atoms with Crippen LogP contribution in [0.4, 0.5) is 5.69 Å². The molecule has 0 saturated carbocycles. The highest BCUT2D eigenvalue weighted by Gasteiger charge is 2.01. The van der Waals surface area contributed by atoms with Crippen LogP contribution in [0.1, 0.15) is 37.3 Å². The van der Waals surface area contributed by atoms with E-state index in [9.17, 15) is 0 Å². The number of hydrogen-bond acceptors (Lipinski definition) is 1. The number of anilines is 1. The van der Waals surface area contributed by atoms with E-state index in [0.717, 1.165) is 27.3 Å². The van der Waals surface area contributed by atoms with Gasteiger partial charge in [0.15, 0.2) is 0 Å². The van der Waals surface area contributed by atoms with E-state index in [0.29, 0.717) is 0 Å². The predicted octanol–water partition coefficient (Wildman–Crippen LogP) is 6.45. The van der Waals surface area contributed by atoms with Crippen molar-refractivity contribution in [1.29, 1.82) is 0 Å². The molecule has 0 atom stereocenters. The molecule has 2 aromatic rings. The van der Waals surface area contributed by atoms with Gasteiger partial charge < -0.3 is 5.32 Å². The summed E-state index contributed by atoms with van der Waals surface area (Å²) in [6, 6.07) is 14.6. The molecule has 0 radical (unpaired) electrons. The maximum absolute atomic E-state index is 6.20. The van der Waals surface area contributed by atoms with Crippen LogP contribution in [0, 0.1) is 0 Å². The summed E-state index contributed by atoms with van der Waals surface area (Å²) in [6.07, 6.45) is 5.02. The predicted molar refractivity (Wildman–Crippen MR) is 96.1 cm³/mol. The Morgan fingerprint density at radius 1 is 1.05 bits per heavy atom. The van der Waals surface area contributed by atoms with E-state index in [1.54, 1.807) is 0 Å². The lowest BCUT2D eigenvalue weighted by Gasteiger charge is -2.09. The van der Waals surface area contributed by atoms with Crippen LogP contribution in [0.25, 0.3) is 0 Å². The molecule has 0 heterocycles. The van der Waals surface area contributed by atoms with Crippen molar-refractivity contribution >= 4 is 33.2 Å². The summed E-state index contributed by atoms with van der Waals surface area (Å²) in [4.78, 5) is 0. The molecule has 0 saturated heterocycles. The maximum Gasteiger partial charge on any atom is 0.0456 e. The van der Waals surface area contributed by atoms with Crippen LogP contribution < -0.4 is 5.32 Å². The van der Waals surface area contributed by atoms with Crippen molar-refractivity contribution in [2.24, 2.45) is 0 Å². The minimum absolute atomic E-state index is 0.730. The van der Waals surface area contributed by atoms with Gasteiger partial charge in [0.2, 0.25) is 0 Å². The Morgan fingerprint density at radius 2 is 1.81 bits per heavy atom. The number of unbranched alkanes of at least 4 members (excludes halogenated alkanes) is 2. The van der Waals surface area contributed by atoms with Gasteiger partial charge in [0, 0.05) is 21.7 Å². The van der Waals surface area contributed by atoms with Crippen molar-refractivity contribution in [2.45, 2.75) is 39.2 Å². The van der Waals surface area contributed by atoms with Crippen molar-refractivity contribution in [3.05, 3.63) is 63.1 Å². The summed E-state index contributed by atoms with van der Waals surface area (Å²) in [6.45, 7) is 2.97. The standard InChI is InChI=1S/C18H21BrClN/c1-2-3-4-5-14-6-9-17(10-7-14)21-13-15-12-16(19)8-11-18(15)20/h6-12,21H,2-5,13H2,1H3. The number of halogens is 2. The van der Waals surface area contributed by atoms with E-state index in [2.05, 4.69) is 58.5 Å². The highest BCUT2D eigenvalue weighted by molar-refractivity contribution is 9.10. The van der Waals surface area contributed by atoms with Crippen molar-refractivity contribution in [3.8, 4) is 0 Å². The Hall–Kier alpha value is -0.990. The molecule has 3 heteroatoms. The number of nitrogens with one attached hydrogen (secondary N) is 1. The first kappa shape index (κ1) is 16.4. The summed E-state index contributed by atoms with van der Waals surface area (Å²) in [7, 11) is 0. The molecule has 0 unspecified atom stereocenters. The molecule has 2 rings (SSSR count). The quantitative estimate of drug-likeness (QED) is 0.555. The summed E-state index contributed by atoms with van der Waals surface area (Å²) in [5, 5.41) is 4.21. The molecular weight excluding hydrogens is 346 g/mol. The summed E-state index contributed by atoms with van der Waals surface area (Å²) in [5.74, 6) is 0. The largest absolute Gasteiger partial charge is 0.381 e. The molecule has 0 fully saturated rings. The minimum atomic E-state index is 0.730. The summed E-state index contributed by atoms with van der Waals surface area (Å²) in [5.41, 5.74) is 3.64. The number of benzene rings is 2. The second-order valence-electron chi connectivity index (χ2n) is 5.24. The molecule has 1 N–H and O–H groups in total. The van der Waals surface area contributed by atoms with E-state index in [-0.39, 0.29) is 0 Å². The van der Waals surface area contributed by atoms with Crippen LogP contribution in [0.5, 0.6) is 0 Å².